The highest BCUT2D eigenvalue weighted by atomic mass is 16.2. The number of piperazine rings is 1. The van der Waals surface area contributed by atoms with E-state index in [2.05, 4.69) is 48.1 Å². The van der Waals surface area contributed by atoms with E-state index in [0.29, 0.717) is 19.1 Å². The maximum Gasteiger partial charge on any atom is 0.326 e. The fourth-order valence-corrected chi connectivity index (χ4v) is 5.24. The number of urea groups is 1. The second kappa shape index (κ2) is 10.1. The van der Waals surface area contributed by atoms with E-state index in [1.165, 1.54) is 4.90 Å². The summed E-state index contributed by atoms with van der Waals surface area (Å²) in [4.78, 5) is 43.8. The Kier molecular flexibility index (Phi) is 7.86. The van der Waals surface area contributed by atoms with Gasteiger partial charge in [0.2, 0.25) is 5.91 Å². The predicted octanol–water partition coefficient (Wildman–Crippen LogP) is 2.39. The summed E-state index contributed by atoms with van der Waals surface area (Å²) in [5.74, 6) is 0.610. The lowest BCUT2D eigenvalue weighted by atomic mass is 9.65. The van der Waals surface area contributed by atoms with Crippen molar-refractivity contribution in [2.45, 2.75) is 84.7 Å². The average molecular weight is 450 g/mol. The summed E-state index contributed by atoms with van der Waals surface area (Å²) in [5.41, 5.74) is -0.425. The second-order valence-electron chi connectivity index (χ2n) is 10.8. The Morgan fingerprint density at radius 1 is 1.12 bits per heavy atom. The molecule has 1 unspecified atom stereocenters. The lowest BCUT2D eigenvalue weighted by Crippen LogP contribution is -2.54. The van der Waals surface area contributed by atoms with Crippen LogP contribution in [0.15, 0.2) is 0 Å². The molecule has 1 atom stereocenters. The summed E-state index contributed by atoms with van der Waals surface area (Å²) in [6.07, 6.45) is 5.49. The number of rotatable bonds is 8. The molecule has 4 amide bonds. The first-order valence-corrected chi connectivity index (χ1v) is 12.5. The largest absolute Gasteiger partial charge is 0.353 e. The number of hydrogen-bond acceptors (Lipinski definition) is 5. The zero-order valence-electron chi connectivity index (χ0n) is 20.7. The maximum absolute atomic E-state index is 13.3. The van der Waals surface area contributed by atoms with Crippen molar-refractivity contribution in [2.75, 3.05) is 39.4 Å². The number of nitrogens with one attached hydrogen (secondary N) is 2. The molecule has 1 spiro atoms. The minimum atomic E-state index is -0.701. The van der Waals surface area contributed by atoms with Crippen LogP contribution in [0.5, 0.6) is 0 Å². The smallest absolute Gasteiger partial charge is 0.326 e. The highest BCUT2D eigenvalue weighted by Crippen LogP contribution is 2.45. The van der Waals surface area contributed by atoms with Crippen LogP contribution in [0, 0.1) is 11.3 Å². The van der Waals surface area contributed by atoms with Crippen molar-refractivity contribution in [1.82, 2.24) is 25.3 Å². The van der Waals surface area contributed by atoms with Crippen LogP contribution in [0.4, 0.5) is 4.79 Å². The third-order valence-corrected chi connectivity index (χ3v) is 8.29. The van der Waals surface area contributed by atoms with Gasteiger partial charge in [-0.3, -0.25) is 19.4 Å². The molecule has 8 heteroatoms. The molecule has 8 nitrogen and oxygen atoms in total. The minimum absolute atomic E-state index is 0.0504. The first-order valence-electron chi connectivity index (χ1n) is 12.5. The van der Waals surface area contributed by atoms with Crippen LogP contribution in [0.25, 0.3) is 0 Å². The van der Waals surface area contributed by atoms with Crippen LogP contribution < -0.4 is 10.6 Å². The van der Waals surface area contributed by atoms with Crippen molar-refractivity contribution in [1.29, 1.82) is 0 Å². The summed E-state index contributed by atoms with van der Waals surface area (Å²) in [6.45, 7) is 14.7. The van der Waals surface area contributed by atoms with Crippen molar-refractivity contribution in [3.05, 3.63) is 0 Å². The van der Waals surface area contributed by atoms with Gasteiger partial charge in [-0.2, -0.15) is 0 Å². The molecule has 1 aliphatic carbocycles. The Morgan fingerprint density at radius 2 is 1.72 bits per heavy atom. The van der Waals surface area contributed by atoms with E-state index in [-0.39, 0.29) is 29.3 Å². The molecule has 3 fully saturated rings. The lowest BCUT2D eigenvalue weighted by Gasteiger charge is -2.42. The monoisotopic (exact) mass is 449 g/mol. The number of amides is 4. The minimum Gasteiger partial charge on any atom is -0.353 e. The SMILES string of the molecule is CCC(C)NC(=O)CN1CCN(CN2C(=O)NC3(CCC(C(C)(C)CC)CC3)C2=O)CC1. The fraction of sp³-hybridized carbons (Fsp3) is 0.875. The molecule has 2 aliphatic heterocycles. The summed E-state index contributed by atoms with van der Waals surface area (Å²) in [7, 11) is 0. The third-order valence-electron chi connectivity index (χ3n) is 8.29. The summed E-state index contributed by atoms with van der Waals surface area (Å²) < 4.78 is 0. The molecule has 0 aromatic heterocycles. The maximum atomic E-state index is 13.3. The van der Waals surface area contributed by atoms with Crippen LogP contribution in [-0.4, -0.2) is 83.5 Å². The van der Waals surface area contributed by atoms with E-state index in [0.717, 1.165) is 64.7 Å². The zero-order valence-corrected chi connectivity index (χ0v) is 20.7. The quantitative estimate of drug-likeness (QED) is 0.556. The first kappa shape index (κ1) is 25.0. The van der Waals surface area contributed by atoms with E-state index in [1.807, 2.05) is 6.92 Å². The Hall–Kier alpha value is -1.67. The molecule has 0 aromatic carbocycles. The highest BCUT2D eigenvalue weighted by Gasteiger charge is 2.53. The van der Waals surface area contributed by atoms with Crippen molar-refractivity contribution in [2.24, 2.45) is 11.3 Å². The van der Waals surface area contributed by atoms with Gasteiger partial charge in [-0.1, -0.05) is 34.1 Å². The number of carbonyl (C=O) groups is 3. The van der Waals surface area contributed by atoms with Crippen molar-refractivity contribution < 1.29 is 14.4 Å². The van der Waals surface area contributed by atoms with Gasteiger partial charge in [-0.15, -0.1) is 0 Å². The molecule has 32 heavy (non-hydrogen) atoms. The number of imide groups is 1. The van der Waals surface area contributed by atoms with Crippen molar-refractivity contribution in [3.8, 4) is 0 Å². The van der Waals surface area contributed by atoms with Gasteiger partial charge in [-0.05, 0) is 50.4 Å². The highest BCUT2D eigenvalue weighted by molar-refractivity contribution is 6.07. The van der Waals surface area contributed by atoms with Crippen LogP contribution >= 0.6 is 0 Å². The number of hydrogen-bond donors (Lipinski definition) is 2. The average Bonchev–Trinajstić information content (AvgIpc) is 2.99. The van der Waals surface area contributed by atoms with Gasteiger partial charge in [0.25, 0.3) is 5.91 Å². The topological polar surface area (TPSA) is 85.0 Å². The van der Waals surface area contributed by atoms with Crippen LogP contribution in [-0.2, 0) is 9.59 Å². The third kappa shape index (κ3) is 5.45. The normalized spacial score (nSPS) is 28.8. The van der Waals surface area contributed by atoms with E-state index in [1.54, 1.807) is 0 Å². The summed E-state index contributed by atoms with van der Waals surface area (Å²) in [6, 6.07) is -0.0579. The van der Waals surface area contributed by atoms with E-state index >= 15 is 0 Å². The Bertz CT molecular complexity index is 694. The van der Waals surface area contributed by atoms with Gasteiger partial charge in [-0.25, -0.2) is 9.69 Å². The Morgan fingerprint density at radius 3 is 2.28 bits per heavy atom. The molecule has 3 rings (SSSR count). The number of carbonyl (C=O) groups excluding carboxylic acids is 3. The van der Waals surface area contributed by atoms with Crippen LogP contribution in [0.1, 0.15) is 73.1 Å². The van der Waals surface area contributed by atoms with Gasteiger partial charge in [0.15, 0.2) is 0 Å². The first-order chi connectivity index (χ1) is 15.1. The molecule has 2 heterocycles. The zero-order chi connectivity index (χ0) is 23.5. The molecule has 3 aliphatic rings. The fourth-order valence-electron chi connectivity index (χ4n) is 5.24. The van der Waals surface area contributed by atoms with Crippen molar-refractivity contribution in [3.63, 3.8) is 0 Å². The molecular weight excluding hydrogens is 406 g/mol. The van der Waals surface area contributed by atoms with Gasteiger partial charge in [0.05, 0.1) is 13.2 Å². The standard InChI is InChI=1S/C24H43N5O3/c1-6-18(3)25-20(30)16-27-12-14-28(15-13-27)17-29-21(31)24(26-22(29)32)10-8-19(9-11-24)23(4,5)7-2/h18-19H,6-17H2,1-5H3,(H,25,30)(H,26,32). The van der Waals surface area contributed by atoms with Gasteiger partial charge in [0, 0.05) is 32.2 Å². The predicted molar refractivity (Wildman–Crippen MR) is 125 cm³/mol. The van der Waals surface area contributed by atoms with Gasteiger partial charge in [0.1, 0.15) is 5.54 Å². The molecule has 182 valence electrons. The van der Waals surface area contributed by atoms with Crippen molar-refractivity contribution >= 4 is 17.8 Å². The van der Waals surface area contributed by atoms with Gasteiger partial charge < -0.3 is 10.6 Å². The molecule has 2 N–H and O–H groups in total. The lowest BCUT2D eigenvalue weighted by molar-refractivity contribution is -0.134. The van der Waals surface area contributed by atoms with E-state index in [4.69, 9.17) is 0 Å². The molecule has 0 aromatic rings. The molecule has 1 saturated carbocycles. The van der Waals surface area contributed by atoms with E-state index < -0.39 is 5.54 Å². The van der Waals surface area contributed by atoms with Crippen LogP contribution in [0.2, 0.25) is 0 Å². The summed E-state index contributed by atoms with van der Waals surface area (Å²) >= 11 is 0. The molecular formula is C24H43N5O3. The molecule has 0 bridgehead atoms. The van der Waals surface area contributed by atoms with E-state index in [9.17, 15) is 14.4 Å². The van der Waals surface area contributed by atoms with Crippen LogP contribution in [0.3, 0.4) is 0 Å². The number of nitrogens with zero attached hydrogens (tertiary/aromatic N) is 3. The summed E-state index contributed by atoms with van der Waals surface area (Å²) in [5, 5.41) is 6.06. The molecule has 0 radical (unpaired) electrons. The second-order valence-corrected chi connectivity index (χ2v) is 10.8. The Balaban J connectivity index is 1.48. The Labute approximate surface area is 193 Å². The molecule has 2 saturated heterocycles. The van der Waals surface area contributed by atoms with Gasteiger partial charge >= 0.3 is 6.03 Å².